The predicted molar refractivity (Wildman–Crippen MR) is 98.7 cm³/mol. The number of hydrogen-bond donors (Lipinski definition) is 1. The number of aromatic amines is 1. The van der Waals surface area contributed by atoms with Gasteiger partial charge in [-0.2, -0.15) is 18.9 Å². The SMILES string of the molecule is CCC(c1ccc(OC(F)F)cc1F)n1nc(CF)c2c(=O)[nH]c(N(C)C)nc21. The van der Waals surface area contributed by atoms with Crippen LogP contribution in [0.1, 0.15) is 30.6 Å². The molecular formula is C18H19F4N5O2. The quantitative estimate of drug-likeness (QED) is 0.601. The number of hydrogen-bond acceptors (Lipinski definition) is 5. The monoisotopic (exact) mass is 413 g/mol. The summed E-state index contributed by atoms with van der Waals surface area (Å²) >= 11 is 0. The summed E-state index contributed by atoms with van der Waals surface area (Å²) in [6.07, 6.45) is 0.320. The Balaban J connectivity index is 2.18. The molecule has 0 radical (unpaired) electrons. The molecule has 7 nitrogen and oxygen atoms in total. The predicted octanol–water partition coefficient (Wildman–Crippen LogP) is 3.40. The molecule has 0 saturated carbocycles. The molecule has 2 aromatic heterocycles. The molecule has 1 N–H and O–H groups in total. The Labute approximate surface area is 162 Å². The zero-order valence-corrected chi connectivity index (χ0v) is 15.9. The number of nitrogens with zero attached hydrogens (tertiary/aromatic N) is 4. The molecule has 3 aromatic rings. The zero-order chi connectivity index (χ0) is 21.3. The largest absolute Gasteiger partial charge is 0.435 e. The van der Waals surface area contributed by atoms with Crippen LogP contribution in [-0.2, 0) is 6.67 Å². The van der Waals surface area contributed by atoms with Gasteiger partial charge in [0.25, 0.3) is 5.56 Å². The van der Waals surface area contributed by atoms with Gasteiger partial charge in [0, 0.05) is 25.7 Å². The zero-order valence-electron chi connectivity index (χ0n) is 15.9. The highest BCUT2D eigenvalue weighted by Crippen LogP contribution is 2.30. The number of nitrogens with one attached hydrogen (secondary N) is 1. The summed E-state index contributed by atoms with van der Waals surface area (Å²) in [4.78, 5) is 20.9. The summed E-state index contributed by atoms with van der Waals surface area (Å²) in [5.74, 6) is -0.890. The van der Waals surface area contributed by atoms with Gasteiger partial charge in [0.2, 0.25) is 5.95 Å². The van der Waals surface area contributed by atoms with Gasteiger partial charge in [-0.05, 0) is 12.5 Å². The van der Waals surface area contributed by atoms with Crippen LogP contribution in [0.3, 0.4) is 0 Å². The van der Waals surface area contributed by atoms with Gasteiger partial charge < -0.3 is 9.64 Å². The van der Waals surface area contributed by atoms with Crippen molar-refractivity contribution in [2.75, 3.05) is 19.0 Å². The number of H-pyrrole nitrogens is 1. The molecule has 0 aliphatic rings. The van der Waals surface area contributed by atoms with E-state index >= 15 is 0 Å². The first-order valence-corrected chi connectivity index (χ1v) is 8.75. The normalized spacial score (nSPS) is 12.6. The lowest BCUT2D eigenvalue weighted by atomic mass is 10.0. The fourth-order valence-corrected chi connectivity index (χ4v) is 3.10. The van der Waals surface area contributed by atoms with Crippen LogP contribution < -0.4 is 15.2 Å². The maximum absolute atomic E-state index is 14.7. The molecule has 0 aliphatic carbocycles. The van der Waals surface area contributed by atoms with Gasteiger partial charge in [0.15, 0.2) is 5.65 Å². The Kier molecular flexibility index (Phi) is 5.76. The smallest absolute Gasteiger partial charge is 0.387 e. The number of alkyl halides is 3. The summed E-state index contributed by atoms with van der Waals surface area (Å²) in [5, 5.41) is 4.13. The fraction of sp³-hybridized carbons (Fsp3) is 0.389. The minimum Gasteiger partial charge on any atom is -0.435 e. The van der Waals surface area contributed by atoms with Crippen LogP contribution in [0.5, 0.6) is 5.75 Å². The van der Waals surface area contributed by atoms with Gasteiger partial charge in [-0.1, -0.05) is 13.0 Å². The highest BCUT2D eigenvalue weighted by molar-refractivity contribution is 5.78. The van der Waals surface area contributed by atoms with Crippen molar-refractivity contribution in [1.29, 1.82) is 0 Å². The van der Waals surface area contributed by atoms with E-state index in [2.05, 4.69) is 19.8 Å². The first kappa shape index (κ1) is 20.6. The van der Waals surface area contributed by atoms with E-state index in [0.29, 0.717) is 6.42 Å². The third kappa shape index (κ3) is 3.89. The van der Waals surface area contributed by atoms with Crippen LogP contribution in [0, 0.1) is 5.82 Å². The van der Waals surface area contributed by atoms with Crippen molar-refractivity contribution in [2.45, 2.75) is 32.7 Å². The van der Waals surface area contributed by atoms with Crippen molar-refractivity contribution >= 4 is 17.0 Å². The van der Waals surface area contributed by atoms with E-state index in [9.17, 15) is 22.4 Å². The lowest BCUT2D eigenvalue weighted by molar-refractivity contribution is -0.0500. The molecule has 2 heterocycles. The third-order valence-electron chi connectivity index (χ3n) is 4.41. The highest BCUT2D eigenvalue weighted by Gasteiger charge is 2.25. The number of benzene rings is 1. The lowest BCUT2D eigenvalue weighted by Crippen LogP contribution is -2.20. The number of ether oxygens (including phenoxy) is 1. The molecule has 0 spiro atoms. The fourth-order valence-electron chi connectivity index (χ4n) is 3.10. The molecule has 0 fully saturated rings. The Morgan fingerprint density at radius 1 is 1.31 bits per heavy atom. The highest BCUT2D eigenvalue weighted by atomic mass is 19.3. The maximum atomic E-state index is 14.7. The summed E-state index contributed by atoms with van der Waals surface area (Å²) in [6, 6.07) is 2.60. The standard InChI is InChI=1S/C18H19F4N5O2/c1-4-13(10-6-5-9(7-11(10)20)29-17(21)22)27-15-14(12(8-19)25-27)16(28)24-18(23-15)26(2)3/h5-7,13,17H,4,8H2,1-3H3,(H,23,24,28). The van der Waals surface area contributed by atoms with Gasteiger partial charge >= 0.3 is 6.61 Å². The van der Waals surface area contributed by atoms with Crippen molar-refractivity contribution in [2.24, 2.45) is 0 Å². The van der Waals surface area contributed by atoms with Crippen LogP contribution in [0.15, 0.2) is 23.0 Å². The Morgan fingerprint density at radius 2 is 2.03 bits per heavy atom. The second-order valence-corrected chi connectivity index (χ2v) is 6.49. The summed E-state index contributed by atoms with van der Waals surface area (Å²) < 4.78 is 58.4. The van der Waals surface area contributed by atoms with Gasteiger partial charge in [-0.3, -0.25) is 9.78 Å². The minimum atomic E-state index is -3.08. The number of halogens is 4. The van der Waals surface area contributed by atoms with E-state index in [1.54, 1.807) is 25.9 Å². The second kappa shape index (κ2) is 8.10. The molecular weight excluding hydrogens is 394 g/mol. The molecule has 0 saturated heterocycles. The topological polar surface area (TPSA) is 76.0 Å². The number of anilines is 1. The number of aromatic nitrogens is 4. The van der Waals surface area contributed by atoms with Crippen molar-refractivity contribution in [1.82, 2.24) is 19.7 Å². The van der Waals surface area contributed by atoms with Crippen molar-refractivity contribution < 1.29 is 22.3 Å². The number of fused-ring (bicyclic) bond motifs is 1. The minimum absolute atomic E-state index is 0.0189. The van der Waals surface area contributed by atoms with Gasteiger partial charge in [-0.15, -0.1) is 0 Å². The van der Waals surface area contributed by atoms with Gasteiger partial charge in [0.05, 0.1) is 6.04 Å². The number of rotatable bonds is 7. The van der Waals surface area contributed by atoms with E-state index in [1.165, 1.54) is 16.8 Å². The Bertz CT molecular complexity index is 1080. The molecule has 0 amide bonds. The first-order chi connectivity index (χ1) is 13.8. The van der Waals surface area contributed by atoms with E-state index in [0.717, 1.165) is 6.07 Å². The molecule has 1 atom stereocenters. The van der Waals surface area contributed by atoms with E-state index < -0.39 is 30.7 Å². The van der Waals surface area contributed by atoms with Gasteiger partial charge in [-0.25, -0.2) is 13.5 Å². The van der Waals surface area contributed by atoms with Crippen LogP contribution in [0.25, 0.3) is 11.0 Å². The summed E-state index contributed by atoms with van der Waals surface area (Å²) in [6.45, 7) is -2.34. The van der Waals surface area contributed by atoms with Crippen LogP contribution in [0.4, 0.5) is 23.5 Å². The second-order valence-electron chi connectivity index (χ2n) is 6.49. The summed E-state index contributed by atoms with van der Waals surface area (Å²) in [5.41, 5.74) is -0.453. The van der Waals surface area contributed by atoms with E-state index in [1.807, 2.05) is 0 Å². The van der Waals surface area contributed by atoms with Crippen LogP contribution in [-0.4, -0.2) is 40.5 Å². The third-order valence-corrected chi connectivity index (χ3v) is 4.41. The average Bonchev–Trinajstić information content (AvgIpc) is 3.02. The summed E-state index contributed by atoms with van der Waals surface area (Å²) in [7, 11) is 3.33. The maximum Gasteiger partial charge on any atom is 0.387 e. The van der Waals surface area contributed by atoms with Crippen molar-refractivity contribution in [3.8, 4) is 5.75 Å². The molecule has 0 aliphatic heterocycles. The Morgan fingerprint density at radius 3 is 2.59 bits per heavy atom. The van der Waals surface area contributed by atoms with Crippen LogP contribution in [0.2, 0.25) is 0 Å². The molecule has 0 bridgehead atoms. The average molecular weight is 413 g/mol. The lowest BCUT2D eigenvalue weighted by Gasteiger charge is -2.19. The van der Waals surface area contributed by atoms with Crippen molar-refractivity contribution in [3.05, 3.63) is 45.6 Å². The first-order valence-electron chi connectivity index (χ1n) is 8.75. The van der Waals surface area contributed by atoms with Gasteiger partial charge in [0.1, 0.15) is 29.3 Å². The molecule has 29 heavy (non-hydrogen) atoms. The van der Waals surface area contributed by atoms with Crippen LogP contribution >= 0.6 is 0 Å². The molecule has 11 heteroatoms. The molecule has 156 valence electrons. The Hall–Kier alpha value is -3.11. The van der Waals surface area contributed by atoms with E-state index in [-0.39, 0.29) is 34.0 Å². The van der Waals surface area contributed by atoms with Crippen molar-refractivity contribution in [3.63, 3.8) is 0 Å². The molecule has 3 rings (SSSR count). The molecule has 1 unspecified atom stereocenters. The van der Waals surface area contributed by atoms with E-state index in [4.69, 9.17) is 0 Å². The molecule has 1 aromatic carbocycles.